The Balaban J connectivity index is 2.87. The van der Waals surface area contributed by atoms with Gasteiger partial charge in [0.15, 0.2) is 0 Å². The van der Waals surface area contributed by atoms with E-state index in [2.05, 4.69) is 11.2 Å². The van der Waals surface area contributed by atoms with Gasteiger partial charge in [-0.2, -0.15) is 8.42 Å². The molecule has 0 fully saturated rings. The Labute approximate surface area is 110 Å². The maximum atomic E-state index is 11.7. The van der Waals surface area contributed by atoms with Crippen LogP contribution >= 0.6 is 11.3 Å². The summed E-state index contributed by atoms with van der Waals surface area (Å²) in [6.07, 6.45) is 4.56. The van der Waals surface area contributed by atoms with E-state index in [1.54, 1.807) is 13.8 Å². The number of terminal acetylenes is 1. The van der Waals surface area contributed by atoms with Crippen molar-refractivity contribution in [2.24, 2.45) is 0 Å². The minimum absolute atomic E-state index is 0.00191. The van der Waals surface area contributed by atoms with Gasteiger partial charge in [0.05, 0.1) is 17.5 Å². The Morgan fingerprint density at radius 2 is 2.22 bits per heavy atom. The molecule has 0 saturated carbocycles. The zero-order chi connectivity index (χ0) is 13.8. The molecule has 1 rings (SSSR count). The molecule has 0 aliphatic heterocycles. The van der Waals surface area contributed by atoms with Gasteiger partial charge in [-0.3, -0.25) is 8.98 Å². The van der Waals surface area contributed by atoms with Gasteiger partial charge in [-0.1, -0.05) is 5.92 Å². The van der Waals surface area contributed by atoms with Crippen molar-refractivity contribution in [3.8, 4) is 12.3 Å². The smallest absolute Gasteiger partial charge is 0.306 e. The summed E-state index contributed by atoms with van der Waals surface area (Å²) in [4.78, 5) is 11.8. The third-order valence-electron chi connectivity index (χ3n) is 1.72. The van der Waals surface area contributed by atoms with Crippen molar-refractivity contribution in [2.45, 2.75) is 24.2 Å². The molecular weight excluding hydrogens is 274 g/mol. The van der Waals surface area contributed by atoms with Gasteiger partial charge in [0.2, 0.25) is 0 Å². The second kappa shape index (κ2) is 6.00. The molecule has 98 valence electrons. The predicted molar refractivity (Wildman–Crippen MR) is 68.9 cm³/mol. The van der Waals surface area contributed by atoms with Crippen LogP contribution in [-0.4, -0.2) is 27.0 Å². The summed E-state index contributed by atoms with van der Waals surface area (Å²) < 4.78 is 28.3. The van der Waals surface area contributed by atoms with Gasteiger partial charge in [-0.25, -0.2) is 0 Å². The molecule has 0 bridgehead atoms. The summed E-state index contributed by atoms with van der Waals surface area (Å²) in [6, 6.07) is 2.76. The summed E-state index contributed by atoms with van der Waals surface area (Å²) in [7, 11) is -3.79. The zero-order valence-corrected chi connectivity index (χ0v) is 11.6. The maximum absolute atomic E-state index is 11.7. The highest BCUT2D eigenvalue weighted by molar-refractivity contribution is 7.89. The minimum atomic E-state index is -3.79. The number of rotatable bonds is 5. The van der Waals surface area contributed by atoms with Gasteiger partial charge < -0.3 is 5.32 Å². The Hall–Kier alpha value is -1.36. The molecule has 0 radical (unpaired) electrons. The summed E-state index contributed by atoms with van der Waals surface area (Å²) in [6.45, 7) is 3.33. The van der Waals surface area contributed by atoms with E-state index in [0.717, 1.165) is 11.3 Å². The lowest BCUT2D eigenvalue weighted by Gasteiger charge is -2.05. The van der Waals surface area contributed by atoms with E-state index >= 15 is 0 Å². The molecular formula is C11H13NO4S2. The molecule has 1 aromatic heterocycles. The molecule has 5 nitrogen and oxygen atoms in total. The molecule has 0 aliphatic rings. The number of nitrogens with one attached hydrogen (secondary N) is 1. The normalized spacial score (nSPS) is 11.2. The maximum Gasteiger partial charge on any atom is 0.306 e. The topological polar surface area (TPSA) is 72.5 Å². The lowest BCUT2D eigenvalue weighted by molar-refractivity contribution is 0.0962. The summed E-state index contributed by atoms with van der Waals surface area (Å²) in [5.41, 5.74) is 0. The number of thiophene rings is 1. The molecule has 7 heteroatoms. The fourth-order valence-electron chi connectivity index (χ4n) is 1.10. The van der Waals surface area contributed by atoms with Crippen LogP contribution in [-0.2, 0) is 14.3 Å². The van der Waals surface area contributed by atoms with Gasteiger partial charge in [0.1, 0.15) is 4.21 Å². The van der Waals surface area contributed by atoms with Crippen LogP contribution < -0.4 is 5.32 Å². The van der Waals surface area contributed by atoms with Crippen LogP contribution in [0.25, 0.3) is 0 Å². The molecule has 0 spiro atoms. The lowest BCUT2D eigenvalue weighted by atomic mass is 10.4. The van der Waals surface area contributed by atoms with Crippen molar-refractivity contribution < 1.29 is 17.4 Å². The summed E-state index contributed by atoms with van der Waals surface area (Å²) in [5.74, 6) is 1.86. The van der Waals surface area contributed by atoms with E-state index in [9.17, 15) is 13.2 Å². The van der Waals surface area contributed by atoms with Crippen molar-refractivity contribution in [2.75, 3.05) is 6.54 Å². The van der Waals surface area contributed by atoms with Crippen molar-refractivity contribution in [1.29, 1.82) is 0 Å². The molecule has 1 N–H and O–H groups in total. The van der Waals surface area contributed by atoms with Crippen molar-refractivity contribution >= 4 is 27.4 Å². The monoisotopic (exact) mass is 287 g/mol. The van der Waals surface area contributed by atoms with Crippen LogP contribution in [0.3, 0.4) is 0 Å². The fourth-order valence-corrected chi connectivity index (χ4v) is 3.38. The van der Waals surface area contributed by atoms with Gasteiger partial charge in [-0.15, -0.1) is 17.8 Å². The Morgan fingerprint density at radius 3 is 2.78 bits per heavy atom. The van der Waals surface area contributed by atoms with Crippen molar-refractivity contribution in [1.82, 2.24) is 5.32 Å². The Bertz CT molecular complexity index is 566. The Kier molecular flexibility index (Phi) is 4.90. The van der Waals surface area contributed by atoms with E-state index < -0.39 is 22.1 Å². The number of hydrogen-bond acceptors (Lipinski definition) is 5. The standard InChI is InChI=1S/C11H13NO4S2/c1-4-7-12-11(13)9-5-6-10(17-9)18(14,15)16-8(2)3/h1,5-6,8H,7H2,2-3H3,(H,12,13). The fraction of sp³-hybridized carbons (Fsp3) is 0.364. The van der Waals surface area contributed by atoms with E-state index in [4.69, 9.17) is 10.6 Å². The van der Waals surface area contributed by atoms with E-state index in [1.807, 2.05) is 0 Å². The number of amides is 1. The summed E-state index contributed by atoms with van der Waals surface area (Å²) in [5, 5.41) is 2.45. The van der Waals surface area contributed by atoms with E-state index in [1.165, 1.54) is 12.1 Å². The first-order chi connectivity index (χ1) is 8.36. The van der Waals surface area contributed by atoms with E-state index in [0.29, 0.717) is 0 Å². The molecule has 0 unspecified atom stereocenters. The number of hydrogen-bond donors (Lipinski definition) is 1. The molecule has 1 aromatic rings. The van der Waals surface area contributed by atoms with E-state index in [-0.39, 0.29) is 15.6 Å². The zero-order valence-electron chi connectivity index (χ0n) is 9.97. The van der Waals surface area contributed by atoms with Gasteiger partial charge >= 0.3 is 10.1 Å². The number of carbonyl (C=O) groups excluding carboxylic acids is 1. The van der Waals surface area contributed by atoms with Crippen LogP contribution in [0.2, 0.25) is 0 Å². The average molecular weight is 287 g/mol. The van der Waals surface area contributed by atoms with Crippen LogP contribution in [0.1, 0.15) is 23.5 Å². The highest BCUT2D eigenvalue weighted by Crippen LogP contribution is 2.24. The molecule has 1 amide bonds. The average Bonchev–Trinajstić information content (AvgIpc) is 2.74. The molecule has 0 aliphatic carbocycles. The van der Waals surface area contributed by atoms with Gasteiger partial charge in [0.25, 0.3) is 5.91 Å². The second-order valence-corrected chi connectivity index (χ2v) is 6.49. The molecule has 0 saturated heterocycles. The highest BCUT2D eigenvalue weighted by Gasteiger charge is 2.21. The second-order valence-electron chi connectivity index (χ2n) is 3.60. The highest BCUT2D eigenvalue weighted by atomic mass is 32.3. The third-order valence-corrected chi connectivity index (χ3v) is 4.73. The Morgan fingerprint density at radius 1 is 1.56 bits per heavy atom. The molecule has 1 heterocycles. The third kappa shape index (κ3) is 3.84. The van der Waals surface area contributed by atoms with Gasteiger partial charge in [0, 0.05) is 0 Å². The molecule has 18 heavy (non-hydrogen) atoms. The minimum Gasteiger partial charge on any atom is -0.340 e. The number of carbonyl (C=O) groups is 1. The van der Waals surface area contributed by atoms with Gasteiger partial charge in [-0.05, 0) is 26.0 Å². The van der Waals surface area contributed by atoms with Crippen LogP contribution in [0.4, 0.5) is 0 Å². The van der Waals surface area contributed by atoms with Crippen LogP contribution in [0.5, 0.6) is 0 Å². The largest absolute Gasteiger partial charge is 0.340 e. The summed E-state index contributed by atoms with van der Waals surface area (Å²) >= 11 is 0.847. The molecule has 0 aromatic carbocycles. The van der Waals surface area contributed by atoms with Crippen molar-refractivity contribution in [3.63, 3.8) is 0 Å². The first-order valence-corrected chi connectivity index (χ1v) is 7.34. The SMILES string of the molecule is C#CCNC(=O)c1ccc(S(=O)(=O)OC(C)C)s1. The molecule has 0 atom stereocenters. The van der Waals surface area contributed by atoms with Crippen LogP contribution in [0.15, 0.2) is 16.3 Å². The van der Waals surface area contributed by atoms with Crippen molar-refractivity contribution in [3.05, 3.63) is 17.0 Å². The first-order valence-electron chi connectivity index (χ1n) is 5.11. The van der Waals surface area contributed by atoms with Crippen LogP contribution in [0, 0.1) is 12.3 Å². The lowest BCUT2D eigenvalue weighted by Crippen LogP contribution is -2.22. The quantitative estimate of drug-likeness (QED) is 0.653. The predicted octanol–water partition coefficient (Wildman–Crippen LogP) is 1.22. The first kappa shape index (κ1) is 14.7.